The molecule has 0 unspecified atom stereocenters. The summed E-state index contributed by atoms with van der Waals surface area (Å²) in [6.45, 7) is 2.54. The molecule has 1 atom stereocenters. The Balaban J connectivity index is 1.45. The molecule has 2 amide bonds. The van der Waals surface area contributed by atoms with Crippen LogP contribution in [-0.2, 0) is 9.59 Å². The largest absolute Gasteiger partial charge is 0.339 e. The van der Waals surface area contributed by atoms with E-state index in [0.29, 0.717) is 38.5 Å². The molecule has 23 heavy (non-hydrogen) atoms. The van der Waals surface area contributed by atoms with E-state index in [0.717, 1.165) is 17.7 Å². The van der Waals surface area contributed by atoms with E-state index in [2.05, 4.69) is 12.2 Å². The third-order valence-corrected chi connectivity index (χ3v) is 5.26. The summed E-state index contributed by atoms with van der Waals surface area (Å²) in [5.74, 6) is 0.669. The number of hydrogen-bond donors (Lipinski definition) is 0. The van der Waals surface area contributed by atoms with Gasteiger partial charge in [-0.1, -0.05) is 18.2 Å². The molecule has 0 bridgehead atoms. The highest BCUT2D eigenvalue weighted by molar-refractivity contribution is 7.10. The minimum absolute atomic E-state index is 0.0317. The van der Waals surface area contributed by atoms with E-state index in [4.69, 9.17) is 0 Å². The lowest BCUT2D eigenvalue weighted by molar-refractivity contribution is -0.137. The van der Waals surface area contributed by atoms with Crippen LogP contribution in [0.2, 0.25) is 0 Å². The molecule has 122 valence electrons. The monoisotopic (exact) mass is 330 g/mol. The zero-order valence-electron chi connectivity index (χ0n) is 13.2. The molecule has 3 rings (SSSR count). The lowest BCUT2D eigenvalue weighted by Crippen LogP contribution is -2.50. The zero-order valence-corrected chi connectivity index (χ0v) is 14.0. The van der Waals surface area contributed by atoms with Crippen molar-refractivity contribution in [1.29, 1.82) is 0 Å². The van der Waals surface area contributed by atoms with Crippen molar-refractivity contribution in [2.75, 3.05) is 26.2 Å². The van der Waals surface area contributed by atoms with Gasteiger partial charge in [0.25, 0.3) is 0 Å². The molecule has 0 saturated carbocycles. The fraction of sp³-hybridized carbons (Fsp3) is 0.444. The van der Waals surface area contributed by atoms with E-state index < -0.39 is 0 Å². The average Bonchev–Trinajstić information content (AvgIpc) is 3.26. The number of nitrogens with zero attached hydrogens (tertiary/aromatic N) is 2. The maximum Gasteiger partial charge on any atom is 0.246 e. The first-order valence-electron chi connectivity index (χ1n) is 8.17. The molecule has 1 aromatic rings. The number of rotatable bonds is 4. The zero-order chi connectivity index (χ0) is 16.1. The first-order valence-corrected chi connectivity index (χ1v) is 9.05. The van der Waals surface area contributed by atoms with Gasteiger partial charge in [0, 0.05) is 43.6 Å². The van der Waals surface area contributed by atoms with Gasteiger partial charge in [0.05, 0.1) is 0 Å². The highest BCUT2D eigenvalue weighted by Gasteiger charge is 2.24. The summed E-state index contributed by atoms with van der Waals surface area (Å²) in [5.41, 5.74) is 0. The summed E-state index contributed by atoms with van der Waals surface area (Å²) in [6.07, 6.45) is 10.6. The standard InChI is InChI=1S/C18H22N2O2S/c21-17(8-7-16-6-3-13-23-16)19-9-11-20(12-10-19)18(22)14-15-4-1-2-5-15/h1,3-4,6-8,13,15H,2,5,9-12,14H2/b8-7+/t15-/m1/s1. The molecular formula is C18H22N2O2S. The molecule has 5 heteroatoms. The second-order valence-corrected chi connectivity index (χ2v) is 7.00. The van der Waals surface area contributed by atoms with Crippen LogP contribution in [0.4, 0.5) is 0 Å². The van der Waals surface area contributed by atoms with Gasteiger partial charge in [-0.3, -0.25) is 9.59 Å². The predicted molar refractivity (Wildman–Crippen MR) is 93.0 cm³/mol. The van der Waals surface area contributed by atoms with Crippen molar-refractivity contribution in [2.45, 2.75) is 19.3 Å². The third kappa shape index (κ3) is 4.32. The van der Waals surface area contributed by atoms with Crippen molar-refractivity contribution in [3.05, 3.63) is 40.6 Å². The predicted octanol–water partition coefficient (Wildman–Crippen LogP) is 2.79. The summed E-state index contributed by atoms with van der Waals surface area (Å²) in [5, 5.41) is 1.99. The fourth-order valence-electron chi connectivity index (χ4n) is 3.04. The van der Waals surface area contributed by atoms with E-state index in [-0.39, 0.29) is 11.8 Å². The van der Waals surface area contributed by atoms with Crippen molar-refractivity contribution in [2.24, 2.45) is 5.92 Å². The van der Waals surface area contributed by atoms with Crippen LogP contribution in [0.25, 0.3) is 6.08 Å². The number of carbonyl (C=O) groups is 2. The molecule has 2 aliphatic rings. The molecule has 1 saturated heterocycles. The Morgan fingerprint density at radius 3 is 2.65 bits per heavy atom. The highest BCUT2D eigenvalue weighted by atomic mass is 32.1. The van der Waals surface area contributed by atoms with Crippen molar-refractivity contribution in [3.63, 3.8) is 0 Å². The molecule has 2 heterocycles. The summed E-state index contributed by atoms with van der Waals surface area (Å²) in [4.78, 5) is 29.3. The van der Waals surface area contributed by atoms with Crippen LogP contribution in [-0.4, -0.2) is 47.8 Å². The molecule has 1 aliphatic carbocycles. The van der Waals surface area contributed by atoms with Gasteiger partial charge in [0.2, 0.25) is 11.8 Å². The van der Waals surface area contributed by atoms with E-state index in [1.54, 1.807) is 17.4 Å². The van der Waals surface area contributed by atoms with Crippen LogP contribution in [0.3, 0.4) is 0 Å². The SMILES string of the molecule is O=C(/C=C/c1cccs1)N1CCN(C(=O)C[C@@H]2C=CCC2)CC1. The van der Waals surface area contributed by atoms with Crippen LogP contribution in [0.5, 0.6) is 0 Å². The topological polar surface area (TPSA) is 40.6 Å². The first-order chi connectivity index (χ1) is 11.2. The molecule has 0 spiro atoms. The molecule has 1 aliphatic heterocycles. The second kappa shape index (κ2) is 7.59. The highest BCUT2D eigenvalue weighted by Crippen LogP contribution is 2.21. The Morgan fingerprint density at radius 1 is 1.22 bits per heavy atom. The van der Waals surface area contributed by atoms with Crippen LogP contribution in [0.15, 0.2) is 35.7 Å². The van der Waals surface area contributed by atoms with Gasteiger partial charge in [0.15, 0.2) is 0 Å². The van der Waals surface area contributed by atoms with E-state index >= 15 is 0 Å². The number of amides is 2. The molecule has 0 N–H and O–H groups in total. The molecular weight excluding hydrogens is 308 g/mol. The average molecular weight is 330 g/mol. The molecule has 1 fully saturated rings. The smallest absolute Gasteiger partial charge is 0.246 e. The van der Waals surface area contributed by atoms with E-state index in [1.165, 1.54) is 0 Å². The molecule has 0 aromatic carbocycles. The van der Waals surface area contributed by atoms with Gasteiger partial charge >= 0.3 is 0 Å². The number of hydrogen-bond acceptors (Lipinski definition) is 3. The Bertz CT molecular complexity index is 599. The maximum absolute atomic E-state index is 12.3. The Labute approximate surface area is 141 Å². The summed E-state index contributed by atoms with van der Waals surface area (Å²) in [7, 11) is 0. The van der Waals surface area contributed by atoms with E-state index in [1.807, 2.05) is 33.4 Å². The normalized spacial score (nSPS) is 21.3. The molecule has 4 nitrogen and oxygen atoms in total. The Hall–Kier alpha value is -1.88. The Morgan fingerprint density at radius 2 is 2.00 bits per heavy atom. The third-order valence-electron chi connectivity index (χ3n) is 4.43. The quantitative estimate of drug-likeness (QED) is 0.629. The molecule has 0 radical (unpaired) electrons. The van der Waals surface area contributed by atoms with Gasteiger partial charge < -0.3 is 9.80 Å². The summed E-state index contributed by atoms with van der Waals surface area (Å²) in [6, 6.07) is 3.96. The lowest BCUT2D eigenvalue weighted by Gasteiger charge is -2.34. The lowest BCUT2D eigenvalue weighted by atomic mass is 10.0. The van der Waals surface area contributed by atoms with Gasteiger partial charge in [-0.15, -0.1) is 11.3 Å². The number of thiophene rings is 1. The van der Waals surface area contributed by atoms with Gasteiger partial charge in [0.1, 0.15) is 0 Å². The fourth-order valence-corrected chi connectivity index (χ4v) is 3.66. The molecule has 1 aromatic heterocycles. The van der Waals surface area contributed by atoms with Crippen LogP contribution in [0, 0.1) is 5.92 Å². The number of carbonyl (C=O) groups excluding carboxylic acids is 2. The first kappa shape index (κ1) is 16.0. The minimum Gasteiger partial charge on any atom is -0.339 e. The van der Waals surface area contributed by atoms with Crippen molar-refractivity contribution in [3.8, 4) is 0 Å². The second-order valence-electron chi connectivity index (χ2n) is 6.02. The van der Waals surface area contributed by atoms with Crippen LogP contribution in [0.1, 0.15) is 24.1 Å². The summed E-state index contributed by atoms with van der Waals surface area (Å²) < 4.78 is 0. The Kier molecular flexibility index (Phi) is 5.28. The van der Waals surface area contributed by atoms with Gasteiger partial charge in [-0.2, -0.15) is 0 Å². The number of allylic oxidation sites excluding steroid dienone is 2. The summed E-state index contributed by atoms with van der Waals surface area (Å²) >= 11 is 1.61. The maximum atomic E-state index is 12.3. The minimum atomic E-state index is 0.0317. The van der Waals surface area contributed by atoms with Crippen molar-refractivity contribution in [1.82, 2.24) is 9.80 Å². The van der Waals surface area contributed by atoms with Crippen LogP contribution >= 0.6 is 11.3 Å². The van der Waals surface area contributed by atoms with Crippen LogP contribution < -0.4 is 0 Å². The van der Waals surface area contributed by atoms with Gasteiger partial charge in [-0.25, -0.2) is 0 Å². The van der Waals surface area contributed by atoms with E-state index in [9.17, 15) is 9.59 Å². The van der Waals surface area contributed by atoms with Gasteiger partial charge in [-0.05, 0) is 36.3 Å². The van der Waals surface area contributed by atoms with Crippen molar-refractivity contribution < 1.29 is 9.59 Å². The number of piperazine rings is 1. The van der Waals surface area contributed by atoms with Crippen molar-refractivity contribution >= 4 is 29.2 Å².